The molecule has 0 unspecified atom stereocenters. The number of ketones is 1. The molecule has 0 aromatic rings. The highest BCUT2D eigenvalue weighted by molar-refractivity contribution is 5.89. The van der Waals surface area contributed by atoms with Gasteiger partial charge in [0.25, 0.3) is 0 Å². The van der Waals surface area contributed by atoms with Gasteiger partial charge in [-0.25, -0.2) is 0 Å². The summed E-state index contributed by atoms with van der Waals surface area (Å²) in [6.07, 6.45) is 39.3. The van der Waals surface area contributed by atoms with Crippen molar-refractivity contribution in [3.05, 3.63) is 24.3 Å². The van der Waals surface area contributed by atoms with Crippen LogP contribution >= 0.6 is 0 Å². The molecule has 0 radical (unpaired) electrons. The summed E-state index contributed by atoms with van der Waals surface area (Å²) in [5, 5.41) is 9.56. The molecular formula is C43H78O6. The molecule has 0 spiro atoms. The Morgan fingerprint density at radius 2 is 1.04 bits per heavy atom. The Morgan fingerprint density at radius 1 is 0.571 bits per heavy atom. The fraction of sp³-hybridized carbons (Fsp3) is 0.837. The lowest BCUT2D eigenvalue weighted by Gasteiger charge is -2.15. The molecule has 0 rings (SSSR count). The van der Waals surface area contributed by atoms with Crippen LogP contribution in [-0.2, 0) is 23.9 Å². The van der Waals surface area contributed by atoms with Crippen LogP contribution in [-0.4, -0.2) is 42.1 Å². The molecule has 0 fully saturated rings. The van der Waals surface area contributed by atoms with Crippen LogP contribution in [0.3, 0.4) is 0 Å². The van der Waals surface area contributed by atoms with Crippen molar-refractivity contribution in [2.45, 2.75) is 213 Å². The van der Waals surface area contributed by atoms with Gasteiger partial charge in [-0.1, -0.05) is 174 Å². The number of hydrogen-bond donors (Lipinski definition) is 1. The largest absolute Gasteiger partial charge is 0.462 e. The molecule has 286 valence electrons. The van der Waals surface area contributed by atoms with Gasteiger partial charge in [-0.05, 0) is 44.1 Å². The van der Waals surface area contributed by atoms with Gasteiger partial charge in [-0.3, -0.25) is 14.4 Å². The Hall–Kier alpha value is -1.95. The van der Waals surface area contributed by atoms with Crippen LogP contribution in [0.15, 0.2) is 24.3 Å². The van der Waals surface area contributed by atoms with Crippen LogP contribution in [0.1, 0.15) is 207 Å². The summed E-state index contributed by atoms with van der Waals surface area (Å²) >= 11 is 0. The van der Waals surface area contributed by atoms with Gasteiger partial charge in [0.05, 0.1) is 6.61 Å². The summed E-state index contributed by atoms with van der Waals surface area (Å²) in [6, 6.07) is 0. The molecular weight excluding hydrogens is 612 g/mol. The van der Waals surface area contributed by atoms with Gasteiger partial charge in [0, 0.05) is 19.3 Å². The standard InChI is InChI=1S/C43H78O6/c1-4-5-27-33-40(45)34-29-24-20-16-14-18-21-25-30-35-42(46)48-38-41(37-44)49-43(47)36-31-26-22-17-13-11-9-7-6-8-10-12-15-19-23-28-32-39(2)3/h20,24,29,34,39,41,44H,4-19,21-23,25-28,30-33,35-38H2,1-3H3/b24-20-,34-29+/t41-/m0/s1. The van der Waals surface area contributed by atoms with Gasteiger partial charge in [-0.2, -0.15) is 0 Å². The van der Waals surface area contributed by atoms with Crippen molar-refractivity contribution >= 4 is 17.7 Å². The van der Waals surface area contributed by atoms with Crippen molar-refractivity contribution in [1.82, 2.24) is 0 Å². The van der Waals surface area contributed by atoms with Crippen molar-refractivity contribution in [3.63, 3.8) is 0 Å². The molecule has 0 aliphatic rings. The van der Waals surface area contributed by atoms with E-state index in [0.29, 0.717) is 19.3 Å². The zero-order chi connectivity index (χ0) is 36.0. The summed E-state index contributed by atoms with van der Waals surface area (Å²) in [5.74, 6) is 0.408. The van der Waals surface area contributed by atoms with Crippen LogP contribution in [0.4, 0.5) is 0 Å². The molecule has 0 aromatic carbocycles. The minimum Gasteiger partial charge on any atom is -0.462 e. The monoisotopic (exact) mass is 691 g/mol. The molecule has 49 heavy (non-hydrogen) atoms. The van der Waals surface area contributed by atoms with Crippen molar-refractivity contribution < 1.29 is 29.0 Å². The number of ether oxygens (including phenoxy) is 2. The fourth-order valence-corrected chi connectivity index (χ4v) is 5.96. The van der Waals surface area contributed by atoms with Crippen molar-refractivity contribution in [1.29, 1.82) is 0 Å². The third kappa shape index (κ3) is 37.1. The Balaban J connectivity index is 3.57. The van der Waals surface area contributed by atoms with Crippen LogP contribution in [0.25, 0.3) is 0 Å². The van der Waals surface area contributed by atoms with E-state index in [9.17, 15) is 19.5 Å². The topological polar surface area (TPSA) is 89.9 Å². The predicted molar refractivity (Wildman–Crippen MR) is 206 cm³/mol. The highest BCUT2D eigenvalue weighted by atomic mass is 16.6. The number of aliphatic hydroxyl groups is 1. The average Bonchev–Trinajstić information content (AvgIpc) is 3.08. The zero-order valence-corrected chi connectivity index (χ0v) is 32.4. The summed E-state index contributed by atoms with van der Waals surface area (Å²) in [4.78, 5) is 36.0. The maximum atomic E-state index is 12.2. The summed E-state index contributed by atoms with van der Waals surface area (Å²) in [6.45, 7) is 6.33. The molecule has 1 N–H and O–H groups in total. The highest BCUT2D eigenvalue weighted by Gasteiger charge is 2.16. The quantitative estimate of drug-likeness (QED) is 0.0302. The van der Waals surface area contributed by atoms with Crippen molar-refractivity contribution in [3.8, 4) is 0 Å². The number of hydrogen-bond acceptors (Lipinski definition) is 6. The van der Waals surface area contributed by atoms with Crippen LogP contribution in [0, 0.1) is 5.92 Å². The second-order valence-electron chi connectivity index (χ2n) is 14.6. The van der Waals surface area contributed by atoms with Gasteiger partial charge in [0.2, 0.25) is 0 Å². The average molecular weight is 691 g/mol. The van der Waals surface area contributed by atoms with Crippen LogP contribution in [0.5, 0.6) is 0 Å². The van der Waals surface area contributed by atoms with Crippen LogP contribution < -0.4 is 0 Å². The molecule has 0 aliphatic carbocycles. The second-order valence-corrected chi connectivity index (χ2v) is 14.6. The van der Waals surface area contributed by atoms with Crippen molar-refractivity contribution in [2.24, 2.45) is 5.92 Å². The SMILES string of the molecule is CCCCCC(=O)/C=C/C=C\CCCCCCCC(=O)OC[C@H](CO)OC(=O)CCCCCCCCCCCCCCCCCCC(C)C. The first kappa shape index (κ1) is 47.0. The number of aliphatic hydroxyl groups excluding tert-OH is 1. The second kappa shape index (κ2) is 37.3. The van der Waals surface area contributed by atoms with Gasteiger partial charge in [0.1, 0.15) is 6.61 Å². The van der Waals surface area contributed by atoms with E-state index < -0.39 is 6.10 Å². The number of rotatable bonds is 37. The van der Waals surface area contributed by atoms with Gasteiger partial charge >= 0.3 is 11.9 Å². The third-order valence-corrected chi connectivity index (χ3v) is 9.15. The first-order chi connectivity index (χ1) is 23.9. The fourth-order valence-electron chi connectivity index (χ4n) is 5.96. The van der Waals surface area contributed by atoms with E-state index in [0.717, 1.165) is 83.0 Å². The van der Waals surface area contributed by atoms with E-state index >= 15 is 0 Å². The van der Waals surface area contributed by atoms with E-state index in [1.807, 2.05) is 12.2 Å². The molecule has 0 aromatic heterocycles. The number of carbonyl (C=O) groups excluding carboxylic acids is 3. The number of allylic oxidation sites excluding steroid dienone is 4. The Kier molecular flexibility index (Phi) is 35.8. The van der Waals surface area contributed by atoms with Crippen LogP contribution in [0.2, 0.25) is 0 Å². The normalized spacial score (nSPS) is 12.3. The molecule has 0 heterocycles. The van der Waals surface area contributed by atoms with E-state index in [4.69, 9.17) is 9.47 Å². The lowest BCUT2D eigenvalue weighted by Crippen LogP contribution is -2.28. The summed E-state index contributed by atoms with van der Waals surface area (Å²) in [7, 11) is 0. The molecule has 0 amide bonds. The lowest BCUT2D eigenvalue weighted by molar-refractivity contribution is -0.161. The van der Waals surface area contributed by atoms with Gasteiger partial charge < -0.3 is 14.6 Å². The van der Waals surface area contributed by atoms with E-state index in [-0.39, 0.29) is 30.9 Å². The number of unbranched alkanes of at least 4 members (excludes halogenated alkanes) is 22. The molecule has 0 saturated carbocycles. The first-order valence-electron chi connectivity index (χ1n) is 20.7. The Morgan fingerprint density at radius 3 is 1.55 bits per heavy atom. The maximum Gasteiger partial charge on any atom is 0.306 e. The third-order valence-electron chi connectivity index (χ3n) is 9.15. The van der Waals surface area contributed by atoms with E-state index in [2.05, 4.69) is 26.8 Å². The summed E-state index contributed by atoms with van der Waals surface area (Å²) in [5.41, 5.74) is 0. The molecule has 0 saturated heterocycles. The van der Waals surface area contributed by atoms with Gasteiger partial charge in [-0.15, -0.1) is 0 Å². The minimum absolute atomic E-state index is 0.0925. The number of esters is 2. The molecule has 0 aliphatic heterocycles. The van der Waals surface area contributed by atoms with Crippen molar-refractivity contribution in [2.75, 3.05) is 13.2 Å². The van der Waals surface area contributed by atoms with E-state index in [1.54, 1.807) is 6.08 Å². The molecule has 6 heteroatoms. The Bertz CT molecular complexity index is 817. The highest BCUT2D eigenvalue weighted by Crippen LogP contribution is 2.16. The minimum atomic E-state index is -0.793. The van der Waals surface area contributed by atoms with E-state index in [1.165, 1.54) is 89.9 Å². The molecule has 0 bridgehead atoms. The summed E-state index contributed by atoms with van der Waals surface area (Å²) < 4.78 is 10.6. The molecule has 6 nitrogen and oxygen atoms in total. The first-order valence-corrected chi connectivity index (χ1v) is 20.7. The lowest BCUT2D eigenvalue weighted by atomic mass is 10.0. The predicted octanol–water partition coefficient (Wildman–Crippen LogP) is 12.1. The van der Waals surface area contributed by atoms with Gasteiger partial charge in [0.15, 0.2) is 11.9 Å². The smallest absolute Gasteiger partial charge is 0.306 e. The zero-order valence-electron chi connectivity index (χ0n) is 32.4. The Labute approximate surface area is 302 Å². The number of carbonyl (C=O) groups is 3. The molecule has 1 atom stereocenters. The maximum absolute atomic E-state index is 12.2.